The Morgan fingerprint density at radius 2 is 2.00 bits per heavy atom. The molecule has 7 heteroatoms. The lowest BCUT2D eigenvalue weighted by Gasteiger charge is -2.15. The number of halogens is 4. The summed E-state index contributed by atoms with van der Waals surface area (Å²) in [6, 6.07) is 6.03. The lowest BCUT2D eigenvalue weighted by Crippen LogP contribution is -2.11. The topological polar surface area (TPSA) is 37.8 Å². The summed E-state index contributed by atoms with van der Waals surface area (Å²) >= 11 is 5.82. The number of hydrogen-bond donors (Lipinski definition) is 1. The summed E-state index contributed by atoms with van der Waals surface area (Å²) in [4.78, 5) is 7.87. The lowest BCUT2D eigenvalue weighted by atomic mass is 10.2. The minimum absolute atomic E-state index is 0.0809. The van der Waals surface area contributed by atoms with Crippen LogP contribution in [-0.2, 0) is 6.18 Å². The zero-order valence-electron chi connectivity index (χ0n) is 10.4. The summed E-state index contributed by atoms with van der Waals surface area (Å²) in [6.07, 6.45) is -2.07. The Hall–Kier alpha value is -1.82. The molecule has 0 aliphatic rings. The van der Waals surface area contributed by atoms with E-state index in [2.05, 4.69) is 15.3 Å². The normalized spacial score (nSPS) is 13.1. The van der Waals surface area contributed by atoms with E-state index in [0.717, 1.165) is 18.0 Å². The smallest absolute Gasteiger partial charge is 0.361 e. The van der Waals surface area contributed by atoms with Crippen molar-refractivity contribution in [3.8, 4) is 0 Å². The molecular formula is C13H11ClF3N3. The summed E-state index contributed by atoms with van der Waals surface area (Å²) in [5, 5.41) is 2.85. The minimum Gasteiger partial charge on any atom is -0.361 e. The highest BCUT2D eigenvalue weighted by Gasteiger charge is 2.31. The molecule has 2 aromatic heterocycles. The third kappa shape index (κ3) is 3.39. The maximum absolute atomic E-state index is 12.5. The van der Waals surface area contributed by atoms with Gasteiger partial charge in [0.1, 0.15) is 5.82 Å². The Bertz CT molecular complexity index is 587. The zero-order valence-corrected chi connectivity index (χ0v) is 11.2. The monoisotopic (exact) mass is 301 g/mol. The first-order chi connectivity index (χ1) is 9.38. The van der Waals surface area contributed by atoms with Gasteiger partial charge in [0.15, 0.2) is 0 Å². The molecule has 2 rings (SSSR count). The molecule has 0 aliphatic heterocycles. The first-order valence-corrected chi connectivity index (χ1v) is 6.16. The average Bonchev–Trinajstić information content (AvgIpc) is 2.41. The van der Waals surface area contributed by atoms with Crippen molar-refractivity contribution >= 4 is 17.4 Å². The predicted octanol–water partition coefficient (Wildman–Crippen LogP) is 4.32. The highest BCUT2D eigenvalue weighted by molar-refractivity contribution is 6.33. The van der Waals surface area contributed by atoms with E-state index in [0.29, 0.717) is 0 Å². The van der Waals surface area contributed by atoms with Crippen LogP contribution < -0.4 is 5.32 Å². The van der Waals surface area contributed by atoms with E-state index >= 15 is 0 Å². The maximum Gasteiger partial charge on any atom is 0.417 e. The van der Waals surface area contributed by atoms with Crippen LogP contribution in [0.5, 0.6) is 0 Å². The predicted molar refractivity (Wildman–Crippen MR) is 70.5 cm³/mol. The summed E-state index contributed by atoms with van der Waals surface area (Å²) in [6.45, 7) is 1.82. The van der Waals surface area contributed by atoms with E-state index < -0.39 is 11.7 Å². The maximum atomic E-state index is 12.5. The van der Waals surface area contributed by atoms with E-state index in [1.54, 1.807) is 18.3 Å². The quantitative estimate of drug-likeness (QED) is 0.917. The van der Waals surface area contributed by atoms with Crippen LogP contribution in [0.3, 0.4) is 0 Å². The summed E-state index contributed by atoms with van der Waals surface area (Å²) in [5.41, 5.74) is -0.135. The third-order valence-corrected chi connectivity index (χ3v) is 2.94. The first-order valence-electron chi connectivity index (χ1n) is 5.78. The SMILES string of the molecule is CC(Nc1ncc(C(F)(F)F)cc1Cl)c1ccccn1. The van der Waals surface area contributed by atoms with E-state index in [1.807, 2.05) is 13.0 Å². The van der Waals surface area contributed by atoms with Crippen molar-refractivity contribution in [3.63, 3.8) is 0 Å². The molecule has 3 nitrogen and oxygen atoms in total. The number of nitrogens with zero attached hydrogens (tertiary/aromatic N) is 2. The molecule has 1 atom stereocenters. The fraction of sp³-hybridized carbons (Fsp3) is 0.231. The van der Waals surface area contributed by atoms with Gasteiger partial charge in [0.2, 0.25) is 0 Å². The van der Waals surface area contributed by atoms with Crippen LogP contribution in [0.15, 0.2) is 36.7 Å². The van der Waals surface area contributed by atoms with Gasteiger partial charge in [-0.3, -0.25) is 4.98 Å². The highest BCUT2D eigenvalue weighted by Crippen LogP contribution is 2.33. The summed E-state index contributed by atoms with van der Waals surface area (Å²) in [7, 11) is 0. The van der Waals surface area contributed by atoms with Gasteiger partial charge < -0.3 is 5.32 Å². The Labute approximate surface area is 118 Å². The van der Waals surface area contributed by atoms with Gasteiger partial charge in [-0.15, -0.1) is 0 Å². The molecule has 1 N–H and O–H groups in total. The number of anilines is 1. The van der Waals surface area contributed by atoms with Crippen LogP contribution in [0.25, 0.3) is 0 Å². The van der Waals surface area contributed by atoms with E-state index in [4.69, 9.17) is 11.6 Å². The Morgan fingerprint density at radius 1 is 1.25 bits per heavy atom. The van der Waals surface area contributed by atoms with Crippen molar-refractivity contribution in [1.82, 2.24) is 9.97 Å². The first kappa shape index (κ1) is 14.6. The van der Waals surface area contributed by atoms with Gasteiger partial charge in [-0.25, -0.2) is 4.98 Å². The molecule has 0 spiro atoms. The number of alkyl halides is 3. The van der Waals surface area contributed by atoms with Crippen molar-refractivity contribution < 1.29 is 13.2 Å². The molecular weight excluding hydrogens is 291 g/mol. The van der Waals surface area contributed by atoms with Crippen LogP contribution in [0.4, 0.5) is 19.0 Å². The van der Waals surface area contributed by atoms with Gasteiger partial charge >= 0.3 is 6.18 Å². The fourth-order valence-electron chi connectivity index (χ4n) is 1.61. The highest BCUT2D eigenvalue weighted by atomic mass is 35.5. The van der Waals surface area contributed by atoms with Crippen LogP contribution >= 0.6 is 11.6 Å². The molecule has 0 amide bonds. The van der Waals surface area contributed by atoms with Crippen LogP contribution in [0.2, 0.25) is 5.02 Å². The van der Waals surface area contributed by atoms with Gasteiger partial charge in [0.25, 0.3) is 0 Å². The number of hydrogen-bond acceptors (Lipinski definition) is 3. The summed E-state index contributed by atoms with van der Waals surface area (Å²) in [5.74, 6) is 0.192. The van der Waals surface area contributed by atoms with Gasteiger partial charge in [-0.2, -0.15) is 13.2 Å². The second kappa shape index (κ2) is 5.66. The molecule has 2 aromatic rings. The Kier molecular flexibility index (Phi) is 4.13. The van der Waals surface area contributed by atoms with E-state index in [9.17, 15) is 13.2 Å². The molecule has 0 saturated heterocycles. The molecule has 2 heterocycles. The van der Waals surface area contributed by atoms with Crippen LogP contribution in [0.1, 0.15) is 24.2 Å². The Balaban J connectivity index is 2.18. The molecule has 0 radical (unpaired) electrons. The molecule has 1 unspecified atom stereocenters. The van der Waals surface area contributed by atoms with Crippen molar-refractivity contribution in [2.24, 2.45) is 0 Å². The third-order valence-electron chi connectivity index (χ3n) is 2.65. The van der Waals surface area contributed by atoms with Crippen LogP contribution in [-0.4, -0.2) is 9.97 Å². The van der Waals surface area contributed by atoms with Crippen molar-refractivity contribution in [2.45, 2.75) is 19.1 Å². The lowest BCUT2D eigenvalue weighted by molar-refractivity contribution is -0.137. The summed E-state index contributed by atoms with van der Waals surface area (Å²) < 4.78 is 37.5. The molecule has 106 valence electrons. The molecule has 0 saturated carbocycles. The van der Waals surface area contributed by atoms with Gasteiger partial charge in [-0.1, -0.05) is 17.7 Å². The van der Waals surface area contributed by atoms with Crippen LogP contribution in [0, 0.1) is 0 Å². The van der Waals surface area contributed by atoms with Crippen molar-refractivity contribution in [1.29, 1.82) is 0 Å². The van der Waals surface area contributed by atoms with Crippen molar-refractivity contribution in [3.05, 3.63) is 52.9 Å². The number of pyridine rings is 2. The standard InChI is InChI=1S/C13H11ClF3N3/c1-8(11-4-2-3-5-18-11)20-12-10(14)6-9(7-19-12)13(15,16)17/h2-8H,1H3,(H,19,20). The fourth-order valence-corrected chi connectivity index (χ4v) is 1.83. The molecule has 0 fully saturated rings. The van der Waals surface area contributed by atoms with Gasteiger partial charge in [-0.05, 0) is 25.1 Å². The Morgan fingerprint density at radius 3 is 2.55 bits per heavy atom. The molecule has 20 heavy (non-hydrogen) atoms. The second-order valence-corrected chi connectivity index (χ2v) is 4.58. The van der Waals surface area contributed by atoms with Crippen molar-refractivity contribution in [2.75, 3.05) is 5.32 Å². The number of aromatic nitrogens is 2. The second-order valence-electron chi connectivity index (χ2n) is 4.17. The zero-order chi connectivity index (χ0) is 14.8. The van der Waals surface area contributed by atoms with E-state index in [-0.39, 0.29) is 16.9 Å². The molecule has 0 aliphatic carbocycles. The molecule has 0 bridgehead atoms. The largest absolute Gasteiger partial charge is 0.417 e. The number of nitrogens with one attached hydrogen (secondary N) is 1. The van der Waals surface area contributed by atoms with Gasteiger partial charge in [0, 0.05) is 12.4 Å². The van der Waals surface area contributed by atoms with E-state index in [1.165, 1.54) is 0 Å². The van der Waals surface area contributed by atoms with Gasteiger partial charge in [0.05, 0.1) is 22.3 Å². The molecule has 0 aromatic carbocycles. The minimum atomic E-state index is -4.46. The average molecular weight is 302 g/mol. The number of rotatable bonds is 3.